The smallest absolute Gasteiger partial charge is 0.147 e. The maximum Gasteiger partial charge on any atom is 0.147 e. The predicted molar refractivity (Wildman–Crippen MR) is 82.2 cm³/mol. The Hall–Kier alpha value is -1.06. The number of para-hydroxylation sites is 1. The fourth-order valence-electron chi connectivity index (χ4n) is 1.93. The van der Waals surface area contributed by atoms with Gasteiger partial charge in [-0.15, -0.1) is 0 Å². The molecule has 2 rings (SSSR count). The number of hydrogen-bond acceptors (Lipinski definition) is 1. The van der Waals surface area contributed by atoms with E-state index in [1.807, 2.05) is 24.3 Å². The molecule has 1 atom stereocenters. The molecular formula is C15H14BrClFN. The molecule has 2 aromatic carbocycles. The number of hydrogen-bond donors (Lipinski definition) is 1. The predicted octanol–water partition coefficient (Wildman–Crippen LogP) is 5.80. The number of halogens is 3. The first-order valence-electron chi connectivity index (χ1n) is 6.08. The van der Waals surface area contributed by atoms with Crippen molar-refractivity contribution in [2.24, 2.45) is 0 Å². The van der Waals surface area contributed by atoms with Crippen molar-refractivity contribution in [3.05, 3.63) is 63.3 Å². The van der Waals surface area contributed by atoms with Crippen LogP contribution in [-0.2, 0) is 0 Å². The zero-order valence-corrected chi connectivity index (χ0v) is 12.8. The van der Waals surface area contributed by atoms with Gasteiger partial charge in [0.05, 0.1) is 16.8 Å². The van der Waals surface area contributed by atoms with Crippen LogP contribution in [0.2, 0.25) is 5.02 Å². The molecule has 0 aliphatic heterocycles. The Morgan fingerprint density at radius 2 is 1.89 bits per heavy atom. The normalized spacial score (nSPS) is 12.2. The maximum absolute atomic E-state index is 13.8. The fourth-order valence-corrected chi connectivity index (χ4v) is 2.41. The standard InChI is InChI=1S/C15H14BrClFN/c1-2-14(10-6-8-11(16)9-7-10)19-15-12(17)4-3-5-13(15)18/h3-9,14,19H,2H2,1H3. The summed E-state index contributed by atoms with van der Waals surface area (Å²) in [7, 11) is 0. The van der Waals surface area contributed by atoms with E-state index in [1.165, 1.54) is 6.07 Å². The van der Waals surface area contributed by atoms with E-state index in [4.69, 9.17) is 11.6 Å². The van der Waals surface area contributed by atoms with Crippen molar-refractivity contribution in [1.29, 1.82) is 0 Å². The van der Waals surface area contributed by atoms with Crippen LogP contribution < -0.4 is 5.32 Å². The quantitative estimate of drug-likeness (QED) is 0.740. The summed E-state index contributed by atoms with van der Waals surface area (Å²) in [5.41, 5.74) is 1.46. The van der Waals surface area contributed by atoms with Gasteiger partial charge in [0.2, 0.25) is 0 Å². The van der Waals surface area contributed by atoms with Gasteiger partial charge in [0.1, 0.15) is 5.82 Å². The lowest BCUT2D eigenvalue weighted by atomic mass is 10.0. The van der Waals surface area contributed by atoms with Crippen molar-refractivity contribution in [3.63, 3.8) is 0 Å². The molecule has 0 radical (unpaired) electrons. The maximum atomic E-state index is 13.8. The molecule has 0 aliphatic carbocycles. The SMILES string of the molecule is CCC(Nc1c(F)cccc1Cl)c1ccc(Br)cc1. The number of anilines is 1. The van der Waals surface area contributed by atoms with E-state index < -0.39 is 0 Å². The van der Waals surface area contributed by atoms with E-state index in [0.29, 0.717) is 10.7 Å². The van der Waals surface area contributed by atoms with Crippen LogP contribution in [0.4, 0.5) is 10.1 Å². The Bertz CT molecular complexity index is 536. The summed E-state index contributed by atoms with van der Waals surface area (Å²) in [6.07, 6.45) is 0.840. The first-order valence-corrected chi connectivity index (χ1v) is 7.25. The first kappa shape index (κ1) is 14.4. The summed E-state index contributed by atoms with van der Waals surface area (Å²) in [5.74, 6) is -0.330. The second-order valence-electron chi connectivity index (χ2n) is 4.25. The van der Waals surface area contributed by atoms with Crippen molar-refractivity contribution < 1.29 is 4.39 Å². The van der Waals surface area contributed by atoms with Crippen molar-refractivity contribution in [3.8, 4) is 0 Å². The molecule has 0 saturated carbocycles. The molecule has 0 spiro atoms. The van der Waals surface area contributed by atoms with Gasteiger partial charge < -0.3 is 5.32 Å². The van der Waals surface area contributed by atoms with Gasteiger partial charge in [-0.05, 0) is 36.2 Å². The minimum atomic E-state index is -0.330. The Kier molecular flexibility index (Phi) is 4.83. The highest BCUT2D eigenvalue weighted by molar-refractivity contribution is 9.10. The fraction of sp³-hybridized carbons (Fsp3) is 0.200. The summed E-state index contributed by atoms with van der Waals surface area (Å²) in [6, 6.07) is 12.7. The van der Waals surface area contributed by atoms with Gasteiger partial charge in [-0.2, -0.15) is 0 Å². The highest BCUT2D eigenvalue weighted by atomic mass is 79.9. The number of rotatable bonds is 4. The van der Waals surface area contributed by atoms with Crippen LogP contribution in [0.5, 0.6) is 0 Å². The van der Waals surface area contributed by atoms with Crippen LogP contribution in [0, 0.1) is 5.82 Å². The lowest BCUT2D eigenvalue weighted by Crippen LogP contribution is -2.11. The van der Waals surface area contributed by atoms with E-state index in [0.717, 1.165) is 16.5 Å². The molecule has 0 saturated heterocycles. The van der Waals surface area contributed by atoms with Crippen molar-refractivity contribution in [2.75, 3.05) is 5.32 Å². The molecule has 1 unspecified atom stereocenters. The first-order chi connectivity index (χ1) is 9.11. The Morgan fingerprint density at radius 3 is 2.47 bits per heavy atom. The van der Waals surface area contributed by atoms with Crippen molar-refractivity contribution >= 4 is 33.2 Å². The van der Waals surface area contributed by atoms with Crippen LogP contribution in [0.3, 0.4) is 0 Å². The minimum Gasteiger partial charge on any atom is -0.375 e. The van der Waals surface area contributed by atoms with E-state index in [-0.39, 0.29) is 11.9 Å². The van der Waals surface area contributed by atoms with Crippen LogP contribution in [0.25, 0.3) is 0 Å². The van der Waals surface area contributed by atoms with Gasteiger partial charge >= 0.3 is 0 Å². The summed E-state index contributed by atoms with van der Waals surface area (Å²) < 4.78 is 14.8. The molecule has 0 fully saturated rings. The van der Waals surface area contributed by atoms with E-state index >= 15 is 0 Å². The largest absolute Gasteiger partial charge is 0.375 e. The van der Waals surface area contributed by atoms with Crippen LogP contribution in [0.1, 0.15) is 24.9 Å². The number of nitrogens with one attached hydrogen (secondary N) is 1. The van der Waals surface area contributed by atoms with Crippen LogP contribution >= 0.6 is 27.5 Å². The molecule has 2 aromatic rings. The summed E-state index contributed by atoms with van der Waals surface area (Å²) in [5, 5.41) is 3.58. The summed E-state index contributed by atoms with van der Waals surface area (Å²) in [6.45, 7) is 2.05. The van der Waals surface area contributed by atoms with Gasteiger partial charge in [-0.3, -0.25) is 0 Å². The van der Waals surface area contributed by atoms with E-state index in [1.54, 1.807) is 12.1 Å². The Balaban J connectivity index is 2.26. The third-order valence-electron chi connectivity index (χ3n) is 2.96. The molecule has 0 bridgehead atoms. The van der Waals surface area contributed by atoms with Gasteiger partial charge in [0, 0.05) is 4.47 Å². The van der Waals surface area contributed by atoms with E-state index in [9.17, 15) is 4.39 Å². The summed E-state index contributed by atoms with van der Waals surface area (Å²) >= 11 is 9.44. The molecule has 100 valence electrons. The van der Waals surface area contributed by atoms with Gasteiger partial charge in [-0.25, -0.2) is 4.39 Å². The third kappa shape index (κ3) is 3.48. The van der Waals surface area contributed by atoms with Crippen LogP contribution in [0.15, 0.2) is 46.9 Å². The highest BCUT2D eigenvalue weighted by Gasteiger charge is 2.13. The Morgan fingerprint density at radius 1 is 1.21 bits per heavy atom. The molecule has 0 heterocycles. The molecule has 19 heavy (non-hydrogen) atoms. The summed E-state index contributed by atoms with van der Waals surface area (Å²) in [4.78, 5) is 0. The minimum absolute atomic E-state index is 0.0301. The second kappa shape index (κ2) is 6.40. The molecule has 0 aliphatic rings. The zero-order chi connectivity index (χ0) is 13.8. The lowest BCUT2D eigenvalue weighted by molar-refractivity contribution is 0.624. The second-order valence-corrected chi connectivity index (χ2v) is 5.58. The molecule has 1 N–H and O–H groups in total. The molecule has 4 heteroatoms. The third-order valence-corrected chi connectivity index (χ3v) is 3.81. The van der Waals surface area contributed by atoms with Gasteiger partial charge in [-0.1, -0.05) is 52.7 Å². The number of benzene rings is 2. The highest BCUT2D eigenvalue weighted by Crippen LogP contribution is 2.30. The van der Waals surface area contributed by atoms with Gasteiger partial charge in [0.25, 0.3) is 0 Å². The van der Waals surface area contributed by atoms with Crippen molar-refractivity contribution in [1.82, 2.24) is 0 Å². The monoisotopic (exact) mass is 341 g/mol. The lowest BCUT2D eigenvalue weighted by Gasteiger charge is -2.20. The zero-order valence-electron chi connectivity index (χ0n) is 10.5. The van der Waals surface area contributed by atoms with Crippen LogP contribution in [-0.4, -0.2) is 0 Å². The molecular weight excluding hydrogens is 329 g/mol. The molecule has 0 amide bonds. The molecule has 0 aromatic heterocycles. The molecule has 1 nitrogen and oxygen atoms in total. The van der Waals surface area contributed by atoms with E-state index in [2.05, 4.69) is 28.2 Å². The average molecular weight is 343 g/mol. The van der Waals surface area contributed by atoms with Gasteiger partial charge in [0.15, 0.2) is 0 Å². The Labute approximate surface area is 125 Å². The average Bonchev–Trinajstić information content (AvgIpc) is 2.40. The van der Waals surface area contributed by atoms with Crippen molar-refractivity contribution in [2.45, 2.75) is 19.4 Å². The topological polar surface area (TPSA) is 12.0 Å².